The van der Waals surface area contributed by atoms with Crippen LogP contribution < -0.4 is 0 Å². The van der Waals surface area contributed by atoms with Gasteiger partial charge in [0.1, 0.15) is 6.61 Å². The van der Waals surface area contributed by atoms with E-state index < -0.39 is 5.97 Å². The molecular weight excluding hydrogens is 504 g/mol. The average Bonchev–Trinajstić information content (AvgIpc) is 3.46. The van der Waals surface area contributed by atoms with Crippen LogP contribution in [0.1, 0.15) is 43.2 Å². The number of ether oxygens (including phenoxy) is 1. The summed E-state index contributed by atoms with van der Waals surface area (Å²) in [5.41, 5.74) is 8.31. The minimum atomic E-state index is -0.869. The van der Waals surface area contributed by atoms with Gasteiger partial charge in [0.2, 0.25) is 0 Å². The van der Waals surface area contributed by atoms with E-state index in [4.69, 9.17) is 9.84 Å². The highest BCUT2D eigenvalue weighted by Gasteiger charge is 2.23. The standard InChI is InChI=1S/C19H22N2O2.C13H14N2O2/c1-4-9-21-17-7-6-14(19(22)23-11-5-2)12-15(17)16-13-20(3)10-8-18(16)21;1-15-5-4-12-10(7-15)9-6-8(13(16)17)2-3-11(9)14-12/h4-7,12H,1-2,8-11,13H2,3H3;2-3,6,14H,4-5,7H2,1H3,(H,16,17). The Kier molecular flexibility index (Phi) is 7.91. The Hall–Kier alpha value is -4.14. The van der Waals surface area contributed by atoms with Crippen molar-refractivity contribution in [2.24, 2.45) is 0 Å². The number of likely N-dealkylation sites (N-methyl/N-ethyl adjacent to an activating group) is 2. The number of esters is 1. The zero-order valence-electron chi connectivity index (χ0n) is 23.2. The number of nitrogens with one attached hydrogen (secondary N) is 1. The highest BCUT2D eigenvalue weighted by Crippen LogP contribution is 2.32. The molecule has 40 heavy (non-hydrogen) atoms. The maximum absolute atomic E-state index is 12.1. The Bertz CT molecular complexity index is 1610. The van der Waals surface area contributed by atoms with Gasteiger partial charge in [0, 0.05) is 78.8 Å². The molecule has 0 amide bonds. The quantitative estimate of drug-likeness (QED) is 0.264. The number of carboxylic acids is 1. The molecule has 0 saturated carbocycles. The van der Waals surface area contributed by atoms with Crippen molar-refractivity contribution in [2.75, 3.05) is 33.8 Å². The molecule has 6 rings (SSSR count). The Morgan fingerprint density at radius 3 is 2.38 bits per heavy atom. The van der Waals surface area contributed by atoms with Gasteiger partial charge in [0.25, 0.3) is 0 Å². The number of aromatic carboxylic acids is 1. The molecule has 0 aliphatic carbocycles. The van der Waals surface area contributed by atoms with Gasteiger partial charge in [0.15, 0.2) is 0 Å². The zero-order chi connectivity index (χ0) is 28.4. The van der Waals surface area contributed by atoms with Crippen molar-refractivity contribution < 1.29 is 19.4 Å². The zero-order valence-corrected chi connectivity index (χ0v) is 23.2. The summed E-state index contributed by atoms with van der Waals surface area (Å²) in [6.07, 6.45) is 5.52. The van der Waals surface area contributed by atoms with Crippen LogP contribution >= 0.6 is 0 Å². The number of rotatable bonds is 6. The van der Waals surface area contributed by atoms with Crippen molar-refractivity contribution in [3.05, 3.63) is 95.3 Å². The lowest BCUT2D eigenvalue weighted by Crippen LogP contribution is -2.27. The highest BCUT2D eigenvalue weighted by molar-refractivity contribution is 5.97. The number of nitrogens with zero attached hydrogens (tertiary/aromatic N) is 3. The van der Waals surface area contributed by atoms with Crippen LogP contribution in [0.2, 0.25) is 0 Å². The second kappa shape index (κ2) is 11.5. The number of carbonyl (C=O) groups is 2. The first kappa shape index (κ1) is 27.4. The number of hydrogen-bond acceptors (Lipinski definition) is 5. The number of allylic oxidation sites excluding steroid dienone is 1. The first-order valence-electron chi connectivity index (χ1n) is 13.6. The molecule has 2 aliphatic heterocycles. The van der Waals surface area contributed by atoms with Crippen LogP contribution in [0.15, 0.2) is 61.7 Å². The number of H-pyrrole nitrogens is 1. The second-order valence-electron chi connectivity index (χ2n) is 10.6. The van der Waals surface area contributed by atoms with E-state index in [2.05, 4.69) is 46.6 Å². The molecule has 2 aromatic carbocycles. The van der Waals surface area contributed by atoms with Gasteiger partial charge < -0.3 is 29.2 Å². The number of carbonyl (C=O) groups excluding carboxylic acids is 1. The normalized spacial score (nSPS) is 15.2. The van der Waals surface area contributed by atoms with Crippen LogP contribution in [0, 0.1) is 0 Å². The van der Waals surface area contributed by atoms with Crippen LogP contribution in [-0.4, -0.2) is 70.2 Å². The van der Waals surface area contributed by atoms with Crippen molar-refractivity contribution in [1.29, 1.82) is 0 Å². The molecule has 0 spiro atoms. The van der Waals surface area contributed by atoms with E-state index in [1.165, 1.54) is 22.5 Å². The van der Waals surface area contributed by atoms with Crippen LogP contribution in [0.3, 0.4) is 0 Å². The molecule has 0 saturated heterocycles. The maximum atomic E-state index is 12.1. The third kappa shape index (κ3) is 5.33. The topological polar surface area (TPSA) is 90.8 Å². The van der Waals surface area contributed by atoms with Gasteiger partial charge in [-0.2, -0.15) is 0 Å². The van der Waals surface area contributed by atoms with E-state index in [0.717, 1.165) is 67.4 Å². The van der Waals surface area contributed by atoms with E-state index in [0.29, 0.717) is 11.1 Å². The number of carboxylic acid groups (broad SMARTS) is 1. The lowest BCUT2D eigenvalue weighted by atomic mass is 10.0. The molecule has 2 aliphatic rings. The summed E-state index contributed by atoms with van der Waals surface area (Å²) in [5, 5.41) is 11.2. The number of aromatic amines is 1. The summed E-state index contributed by atoms with van der Waals surface area (Å²) in [6, 6.07) is 11.1. The molecule has 0 atom stereocenters. The van der Waals surface area contributed by atoms with Crippen LogP contribution in [0.5, 0.6) is 0 Å². The summed E-state index contributed by atoms with van der Waals surface area (Å²) in [6.45, 7) is 12.3. The Balaban J connectivity index is 0.000000168. The van der Waals surface area contributed by atoms with Gasteiger partial charge in [-0.25, -0.2) is 9.59 Å². The molecule has 0 fully saturated rings. The summed E-state index contributed by atoms with van der Waals surface area (Å²) in [7, 11) is 4.21. The van der Waals surface area contributed by atoms with Gasteiger partial charge in [-0.15, -0.1) is 6.58 Å². The smallest absolute Gasteiger partial charge is 0.338 e. The molecule has 2 N–H and O–H groups in total. The Morgan fingerprint density at radius 2 is 1.65 bits per heavy atom. The summed E-state index contributed by atoms with van der Waals surface area (Å²) >= 11 is 0. The minimum Gasteiger partial charge on any atom is -0.478 e. The van der Waals surface area contributed by atoms with Gasteiger partial charge >= 0.3 is 11.9 Å². The predicted octanol–water partition coefficient (Wildman–Crippen LogP) is 5.01. The van der Waals surface area contributed by atoms with Crippen LogP contribution in [0.4, 0.5) is 0 Å². The van der Waals surface area contributed by atoms with Crippen molar-refractivity contribution in [2.45, 2.75) is 32.5 Å². The fraction of sp³-hybridized carbons (Fsp3) is 0.312. The van der Waals surface area contributed by atoms with Crippen molar-refractivity contribution >= 4 is 33.7 Å². The van der Waals surface area contributed by atoms with Crippen molar-refractivity contribution in [1.82, 2.24) is 19.4 Å². The molecule has 208 valence electrons. The molecule has 4 aromatic rings. The molecule has 8 nitrogen and oxygen atoms in total. The number of fused-ring (bicyclic) bond motifs is 6. The Labute approximate surface area is 234 Å². The molecular formula is C32H36N4O4. The maximum Gasteiger partial charge on any atom is 0.338 e. The lowest BCUT2D eigenvalue weighted by Gasteiger charge is -2.24. The van der Waals surface area contributed by atoms with Crippen LogP contribution in [-0.2, 0) is 37.2 Å². The Morgan fingerprint density at radius 1 is 0.950 bits per heavy atom. The average molecular weight is 541 g/mol. The van der Waals surface area contributed by atoms with E-state index in [1.54, 1.807) is 18.2 Å². The van der Waals surface area contributed by atoms with Gasteiger partial charge in [-0.1, -0.05) is 18.7 Å². The first-order chi connectivity index (χ1) is 19.3. The fourth-order valence-corrected chi connectivity index (χ4v) is 5.75. The fourth-order valence-electron chi connectivity index (χ4n) is 5.75. The number of benzene rings is 2. The molecule has 8 heteroatoms. The molecule has 0 bridgehead atoms. The van der Waals surface area contributed by atoms with Crippen molar-refractivity contribution in [3.8, 4) is 0 Å². The summed E-state index contributed by atoms with van der Waals surface area (Å²) < 4.78 is 7.46. The molecule has 0 radical (unpaired) electrons. The van der Waals surface area contributed by atoms with E-state index in [9.17, 15) is 9.59 Å². The monoisotopic (exact) mass is 540 g/mol. The van der Waals surface area contributed by atoms with Gasteiger partial charge in [-0.05, 0) is 61.6 Å². The highest BCUT2D eigenvalue weighted by atomic mass is 16.5. The summed E-state index contributed by atoms with van der Waals surface area (Å²) in [4.78, 5) is 31.0. The van der Waals surface area contributed by atoms with Crippen molar-refractivity contribution in [3.63, 3.8) is 0 Å². The van der Waals surface area contributed by atoms with Gasteiger partial charge in [-0.3, -0.25) is 0 Å². The predicted molar refractivity (Wildman–Crippen MR) is 158 cm³/mol. The van der Waals surface area contributed by atoms with Crippen LogP contribution in [0.25, 0.3) is 21.8 Å². The minimum absolute atomic E-state index is 0.231. The van der Waals surface area contributed by atoms with E-state index >= 15 is 0 Å². The SMILES string of the molecule is C=CCOC(=O)c1ccc2c(c1)c1c(n2CC=C)CCN(C)C1.CN1CCc2[nH]c3ccc(C(=O)O)cc3c2C1. The molecule has 2 aromatic heterocycles. The molecule has 0 unspecified atom stereocenters. The summed E-state index contributed by atoms with van der Waals surface area (Å²) in [5.74, 6) is -1.17. The van der Waals surface area contributed by atoms with Gasteiger partial charge in [0.05, 0.1) is 11.1 Å². The van der Waals surface area contributed by atoms with E-state index in [-0.39, 0.29) is 12.6 Å². The third-order valence-electron chi connectivity index (χ3n) is 7.74. The second-order valence-corrected chi connectivity index (χ2v) is 10.6. The lowest BCUT2D eigenvalue weighted by molar-refractivity contribution is 0.0549. The number of aromatic nitrogens is 2. The first-order valence-corrected chi connectivity index (χ1v) is 13.6. The third-order valence-corrected chi connectivity index (χ3v) is 7.74. The largest absolute Gasteiger partial charge is 0.478 e. The number of hydrogen-bond donors (Lipinski definition) is 2. The van der Waals surface area contributed by atoms with E-state index in [1.807, 2.05) is 30.3 Å². The molecule has 4 heterocycles.